The number of hydrogen-bond acceptors (Lipinski definition) is 5. The second kappa shape index (κ2) is 10.6. The van der Waals surface area contributed by atoms with Crippen LogP contribution in [0, 0.1) is 0 Å². The maximum atomic E-state index is 11.0. The van der Waals surface area contributed by atoms with Crippen molar-refractivity contribution < 1.29 is 19.4 Å². The molecule has 1 aliphatic carbocycles. The fraction of sp³-hybridized carbons (Fsp3) is 0.500. The van der Waals surface area contributed by atoms with Gasteiger partial charge >= 0.3 is 0 Å². The van der Waals surface area contributed by atoms with Crippen molar-refractivity contribution in [1.82, 2.24) is 4.90 Å². The van der Waals surface area contributed by atoms with E-state index in [1.165, 1.54) is 25.3 Å². The molecule has 0 spiro atoms. The molecule has 0 heterocycles. The number of hydrogen-bond donors (Lipinski definition) is 1. The Morgan fingerprint density at radius 2 is 1.96 bits per heavy atom. The Morgan fingerprint density at radius 1 is 1.31 bits per heavy atom. The summed E-state index contributed by atoms with van der Waals surface area (Å²) in [5, 5.41) is 10.0. The number of aliphatic hydroxyl groups is 1. The van der Waals surface area contributed by atoms with E-state index in [0.29, 0.717) is 18.4 Å². The normalized spacial score (nSPS) is 16.2. The predicted octanol–water partition coefficient (Wildman–Crippen LogP) is 2.81. The number of aliphatic hydroxyl groups excluding tert-OH is 1. The predicted molar refractivity (Wildman–Crippen MR) is 102 cm³/mol. The van der Waals surface area contributed by atoms with E-state index in [9.17, 15) is 9.90 Å². The number of ether oxygens (including phenoxy) is 2. The summed E-state index contributed by atoms with van der Waals surface area (Å²) in [6.45, 7) is 3.65. The van der Waals surface area contributed by atoms with Gasteiger partial charge in [0.2, 0.25) is 0 Å². The molecule has 6 nitrogen and oxygen atoms in total. The second-order valence-corrected chi connectivity index (χ2v) is 6.57. The molecule has 0 radical (unpaired) electrons. The number of carbonyl (C=O) groups is 1. The molecule has 1 fully saturated rings. The summed E-state index contributed by atoms with van der Waals surface area (Å²) < 4.78 is 11.6. The number of likely N-dealkylation sites (N-methyl/N-ethyl adjacent to an activating group) is 1. The third kappa shape index (κ3) is 7.27. The lowest BCUT2D eigenvalue weighted by Gasteiger charge is -2.23. The number of carbonyl (C=O) groups excluding carboxylic acids is 1. The SMILES string of the molecule is C=NC(=O)/C=C\N(C)C[C@H](O)COc1ccc(OC2CCCCC2)cc1. The molecule has 0 aliphatic heterocycles. The van der Waals surface area contributed by atoms with Crippen LogP contribution in [0.15, 0.2) is 41.5 Å². The Balaban J connectivity index is 1.72. The van der Waals surface area contributed by atoms with Gasteiger partial charge in [0.15, 0.2) is 0 Å². The first-order valence-corrected chi connectivity index (χ1v) is 9.03. The van der Waals surface area contributed by atoms with Crippen molar-refractivity contribution in [1.29, 1.82) is 0 Å². The van der Waals surface area contributed by atoms with Gasteiger partial charge in [-0.1, -0.05) is 6.42 Å². The average Bonchev–Trinajstić information content (AvgIpc) is 2.66. The summed E-state index contributed by atoms with van der Waals surface area (Å²) in [4.78, 5) is 16.0. The van der Waals surface area contributed by atoms with Gasteiger partial charge in [-0.2, -0.15) is 0 Å². The van der Waals surface area contributed by atoms with Crippen LogP contribution in [0.5, 0.6) is 11.5 Å². The molecule has 0 aromatic heterocycles. The Labute approximate surface area is 155 Å². The number of rotatable bonds is 9. The van der Waals surface area contributed by atoms with E-state index < -0.39 is 12.0 Å². The Morgan fingerprint density at radius 3 is 2.62 bits per heavy atom. The van der Waals surface area contributed by atoms with E-state index in [2.05, 4.69) is 11.7 Å². The Bertz CT molecular complexity index is 594. The van der Waals surface area contributed by atoms with Gasteiger partial charge in [-0.15, -0.1) is 0 Å². The molecule has 6 heteroatoms. The molecule has 1 atom stereocenters. The van der Waals surface area contributed by atoms with Gasteiger partial charge in [-0.3, -0.25) is 4.79 Å². The smallest absolute Gasteiger partial charge is 0.270 e. The average molecular weight is 360 g/mol. The summed E-state index contributed by atoms with van der Waals surface area (Å²) in [7, 11) is 1.76. The Kier molecular flexibility index (Phi) is 8.15. The summed E-state index contributed by atoms with van der Waals surface area (Å²) in [5.74, 6) is 1.12. The van der Waals surface area contributed by atoms with Crippen LogP contribution in [-0.2, 0) is 4.79 Å². The fourth-order valence-electron chi connectivity index (χ4n) is 2.87. The van der Waals surface area contributed by atoms with Crippen LogP contribution in [-0.4, -0.2) is 55.0 Å². The first-order chi connectivity index (χ1) is 12.6. The number of nitrogens with zero attached hydrogens (tertiary/aromatic N) is 2. The Hall–Kier alpha value is -2.34. The third-order valence-corrected chi connectivity index (χ3v) is 4.25. The summed E-state index contributed by atoms with van der Waals surface area (Å²) in [5.41, 5.74) is 0. The highest BCUT2D eigenvalue weighted by Gasteiger charge is 2.14. The fourth-order valence-corrected chi connectivity index (χ4v) is 2.87. The van der Waals surface area contributed by atoms with Crippen molar-refractivity contribution in [2.45, 2.75) is 44.3 Å². The van der Waals surface area contributed by atoms with Crippen molar-refractivity contribution in [2.75, 3.05) is 20.2 Å². The lowest BCUT2D eigenvalue weighted by molar-refractivity contribution is -0.113. The molecule has 1 aromatic carbocycles. The minimum absolute atomic E-state index is 0.161. The minimum Gasteiger partial charge on any atom is -0.491 e. The summed E-state index contributed by atoms with van der Waals surface area (Å²) in [6.07, 6.45) is 8.53. The molecular weight excluding hydrogens is 332 g/mol. The van der Waals surface area contributed by atoms with Crippen molar-refractivity contribution in [2.24, 2.45) is 4.99 Å². The van der Waals surface area contributed by atoms with Crippen LogP contribution >= 0.6 is 0 Å². The first-order valence-electron chi connectivity index (χ1n) is 9.03. The zero-order valence-corrected chi connectivity index (χ0v) is 15.3. The van der Waals surface area contributed by atoms with Gasteiger partial charge in [0.1, 0.15) is 24.2 Å². The van der Waals surface area contributed by atoms with E-state index in [4.69, 9.17) is 9.47 Å². The number of aliphatic imine (C=N–C) groups is 1. The number of amides is 1. The third-order valence-electron chi connectivity index (χ3n) is 4.25. The molecular formula is C20H28N2O4. The monoisotopic (exact) mass is 360 g/mol. The van der Waals surface area contributed by atoms with Crippen molar-refractivity contribution in [3.8, 4) is 11.5 Å². The molecule has 142 valence electrons. The zero-order chi connectivity index (χ0) is 18.8. The highest BCUT2D eigenvalue weighted by atomic mass is 16.5. The summed E-state index contributed by atoms with van der Waals surface area (Å²) in [6, 6.07) is 7.50. The molecule has 0 unspecified atom stereocenters. The van der Waals surface area contributed by atoms with Crippen LogP contribution in [0.1, 0.15) is 32.1 Å². The van der Waals surface area contributed by atoms with Gasteiger partial charge in [0.25, 0.3) is 5.91 Å². The van der Waals surface area contributed by atoms with Gasteiger partial charge in [-0.05, 0) is 56.7 Å². The molecule has 0 saturated heterocycles. The second-order valence-electron chi connectivity index (χ2n) is 6.57. The quantitative estimate of drug-likeness (QED) is 0.542. The van der Waals surface area contributed by atoms with Crippen LogP contribution in [0.25, 0.3) is 0 Å². The van der Waals surface area contributed by atoms with Crippen molar-refractivity contribution in [3.63, 3.8) is 0 Å². The van der Waals surface area contributed by atoms with E-state index in [1.807, 2.05) is 24.3 Å². The maximum Gasteiger partial charge on any atom is 0.270 e. The molecule has 2 rings (SSSR count). The summed E-state index contributed by atoms with van der Waals surface area (Å²) >= 11 is 0. The van der Waals surface area contributed by atoms with E-state index in [1.54, 1.807) is 18.1 Å². The highest BCUT2D eigenvalue weighted by Crippen LogP contribution is 2.24. The van der Waals surface area contributed by atoms with Gasteiger partial charge < -0.3 is 19.5 Å². The maximum absolute atomic E-state index is 11.0. The molecule has 1 N–H and O–H groups in total. The topological polar surface area (TPSA) is 71.4 Å². The largest absolute Gasteiger partial charge is 0.491 e. The molecule has 1 aromatic rings. The van der Waals surface area contributed by atoms with Crippen LogP contribution in [0.2, 0.25) is 0 Å². The molecule has 26 heavy (non-hydrogen) atoms. The highest BCUT2D eigenvalue weighted by molar-refractivity contribution is 5.90. The molecule has 1 amide bonds. The van der Waals surface area contributed by atoms with Gasteiger partial charge in [0, 0.05) is 25.9 Å². The van der Waals surface area contributed by atoms with E-state index in [-0.39, 0.29) is 6.61 Å². The van der Waals surface area contributed by atoms with Crippen molar-refractivity contribution in [3.05, 3.63) is 36.5 Å². The standard InChI is InChI=1S/C20H28N2O4/c1-21-20(24)12-13-22(2)14-16(23)15-25-17-8-10-19(11-9-17)26-18-6-4-3-5-7-18/h8-13,16,18,23H,1,3-7,14-15H2,2H3/b13-12-/t16-/m0/s1. The lowest BCUT2D eigenvalue weighted by Crippen LogP contribution is -2.30. The minimum atomic E-state index is -0.686. The van der Waals surface area contributed by atoms with Crippen LogP contribution in [0.4, 0.5) is 0 Å². The van der Waals surface area contributed by atoms with Gasteiger partial charge in [0.05, 0.1) is 6.10 Å². The van der Waals surface area contributed by atoms with Crippen molar-refractivity contribution >= 4 is 12.6 Å². The van der Waals surface area contributed by atoms with Crippen LogP contribution < -0.4 is 9.47 Å². The number of benzene rings is 1. The lowest BCUT2D eigenvalue weighted by atomic mass is 9.98. The molecule has 1 aliphatic rings. The van der Waals surface area contributed by atoms with E-state index >= 15 is 0 Å². The zero-order valence-electron chi connectivity index (χ0n) is 15.3. The van der Waals surface area contributed by atoms with E-state index in [0.717, 1.165) is 18.6 Å². The molecule has 1 saturated carbocycles. The molecule has 0 bridgehead atoms. The van der Waals surface area contributed by atoms with Crippen LogP contribution in [0.3, 0.4) is 0 Å². The first kappa shape index (κ1) is 20.0. The van der Waals surface area contributed by atoms with Gasteiger partial charge in [-0.25, -0.2) is 4.99 Å².